The molecule has 0 saturated carbocycles. The molecule has 0 bridgehead atoms. The summed E-state index contributed by atoms with van der Waals surface area (Å²) in [4.78, 5) is 38.3. The van der Waals surface area contributed by atoms with Gasteiger partial charge in [0.25, 0.3) is 5.69 Å². The molecular formula is C28H18ClNO5S. The molecule has 8 heteroatoms. The molecule has 0 aromatic heterocycles. The second kappa shape index (κ2) is 11.5. The lowest BCUT2D eigenvalue weighted by atomic mass is 10.1. The molecule has 4 rings (SSSR count). The minimum atomic E-state index is -0.702. The molecule has 36 heavy (non-hydrogen) atoms. The summed E-state index contributed by atoms with van der Waals surface area (Å²) in [6.07, 6.45) is 0. The lowest BCUT2D eigenvalue weighted by molar-refractivity contribution is -0.387. The number of ether oxygens (including phenoxy) is 1. The summed E-state index contributed by atoms with van der Waals surface area (Å²) in [7, 11) is 0. The second-order valence-electron chi connectivity index (χ2n) is 7.44. The summed E-state index contributed by atoms with van der Waals surface area (Å²) in [6.45, 7) is 0. The average molecular weight is 516 g/mol. The Labute approximate surface area is 216 Å². The number of hydrogen-bond donors (Lipinski definition) is 0. The number of nitro groups is 1. The van der Waals surface area contributed by atoms with E-state index in [0.717, 1.165) is 11.8 Å². The molecule has 6 nitrogen and oxygen atoms in total. The van der Waals surface area contributed by atoms with Crippen LogP contribution in [0.15, 0.2) is 119 Å². The molecule has 0 amide bonds. The molecule has 4 aromatic rings. The Bertz CT molecular complexity index is 1440. The van der Waals surface area contributed by atoms with Crippen molar-refractivity contribution in [3.63, 3.8) is 0 Å². The molecule has 0 N–H and O–H groups in total. The average Bonchev–Trinajstić information content (AvgIpc) is 2.91. The summed E-state index contributed by atoms with van der Waals surface area (Å²) >= 11 is 6.82. The van der Waals surface area contributed by atoms with E-state index in [1.807, 2.05) is 0 Å². The fraction of sp³-hybridized carbons (Fsp3) is 0. The number of rotatable bonds is 8. The highest BCUT2D eigenvalue weighted by Gasteiger charge is 2.26. The third-order valence-electron chi connectivity index (χ3n) is 5.03. The first-order valence-electron chi connectivity index (χ1n) is 10.7. The van der Waals surface area contributed by atoms with Crippen LogP contribution in [0.4, 0.5) is 5.69 Å². The van der Waals surface area contributed by atoms with Gasteiger partial charge in [-0.1, -0.05) is 96.2 Å². The van der Waals surface area contributed by atoms with Crippen molar-refractivity contribution in [1.29, 1.82) is 0 Å². The molecule has 0 atom stereocenters. The molecule has 0 spiro atoms. The number of halogens is 1. The maximum absolute atomic E-state index is 13.8. The van der Waals surface area contributed by atoms with Crippen molar-refractivity contribution in [1.82, 2.24) is 0 Å². The third kappa shape index (κ3) is 5.89. The lowest BCUT2D eigenvalue weighted by Gasteiger charge is -2.15. The topological polar surface area (TPSA) is 86.5 Å². The van der Waals surface area contributed by atoms with Gasteiger partial charge in [-0.2, -0.15) is 0 Å². The fourth-order valence-electron chi connectivity index (χ4n) is 3.28. The Morgan fingerprint density at radius 3 is 1.89 bits per heavy atom. The van der Waals surface area contributed by atoms with E-state index in [1.165, 1.54) is 18.2 Å². The molecule has 0 unspecified atom stereocenters. The van der Waals surface area contributed by atoms with Crippen molar-refractivity contribution in [2.45, 2.75) is 4.90 Å². The largest absolute Gasteiger partial charge is 0.421 e. The maximum atomic E-state index is 13.8. The minimum Gasteiger partial charge on any atom is -0.421 e. The molecule has 0 heterocycles. The van der Waals surface area contributed by atoms with Crippen LogP contribution in [0.3, 0.4) is 0 Å². The van der Waals surface area contributed by atoms with Crippen LogP contribution >= 0.6 is 23.4 Å². The van der Waals surface area contributed by atoms with Crippen LogP contribution in [0.5, 0.6) is 0 Å². The van der Waals surface area contributed by atoms with Gasteiger partial charge in [0.1, 0.15) is 4.91 Å². The summed E-state index contributed by atoms with van der Waals surface area (Å²) in [5, 5.41) is 12.1. The standard InChI is InChI=1S/C28H18ClNO5S/c29-22-17-15-21(16-18-22)28(32)35-26(20-11-5-2-6-12-20)27(25(31)19-9-3-1-4-10-19)36-24-14-8-7-13-23(24)30(33)34/h1-18H/b27-26+. The number of allylic oxidation sites excluding steroid dienone is 1. The summed E-state index contributed by atoms with van der Waals surface area (Å²) in [5.74, 6) is -1.15. The van der Waals surface area contributed by atoms with Gasteiger partial charge in [-0.15, -0.1) is 0 Å². The SMILES string of the molecule is O=C(O/C(=C(/Sc1ccccc1[N+](=O)[O-])C(=O)c1ccccc1)c1ccccc1)c1ccc(Cl)cc1. The number of benzene rings is 4. The molecule has 4 aromatic carbocycles. The maximum Gasteiger partial charge on any atom is 0.343 e. The summed E-state index contributed by atoms with van der Waals surface area (Å²) in [6, 6.07) is 29.4. The smallest absolute Gasteiger partial charge is 0.343 e. The van der Waals surface area contributed by atoms with E-state index in [0.29, 0.717) is 16.1 Å². The van der Waals surface area contributed by atoms with Gasteiger partial charge in [0.05, 0.1) is 15.4 Å². The Morgan fingerprint density at radius 1 is 0.722 bits per heavy atom. The summed E-state index contributed by atoms with van der Waals surface area (Å²) < 4.78 is 5.83. The van der Waals surface area contributed by atoms with Crippen molar-refractivity contribution < 1.29 is 19.2 Å². The van der Waals surface area contributed by atoms with Crippen LogP contribution in [-0.2, 0) is 4.74 Å². The third-order valence-corrected chi connectivity index (χ3v) is 6.43. The van der Waals surface area contributed by atoms with E-state index in [9.17, 15) is 19.7 Å². The van der Waals surface area contributed by atoms with E-state index < -0.39 is 16.7 Å². The Hall–Kier alpha value is -4.20. The fourth-order valence-corrected chi connectivity index (χ4v) is 4.49. The van der Waals surface area contributed by atoms with Gasteiger partial charge >= 0.3 is 5.97 Å². The van der Waals surface area contributed by atoms with Gasteiger partial charge in [-0.25, -0.2) is 4.79 Å². The minimum absolute atomic E-state index is 0.00689. The van der Waals surface area contributed by atoms with E-state index >= 15 is 0 Å². The van der Waals surface area contributed by atoms with Crippen LogP contribution in [0, 0.1) is 10.1 Å². The lowest BCUT2D eigenvalue weighted by Crippen LogP contribution is -2.11. The molecule has 0 aliphatic carbocycles. The summed E-state index contributed by atoms with van der Waals surface area (Å²) in [5.41, 5.74) is 0.868. The Morgan fingerprint density at radius 2 is 1.28 bits per heavy atom. The van der Waals surface area contributed by atoms with Gasteiger partial charge in [0, 0.05) is 22.2 Å². The Balaban J connectivity index is 1.90. The van der Waals surface area contributed by atoms with Crippen LogP contribution in [-0.4, -0.2) is 16.7 Å². The number of hydrogen-bond acceptors (Lipinski definition) is 6. The van der Waals surface area contributed by atoms with Gasteiger partial charge in [0.15, 0.2) is 5.76 Å². The monoisotopic (exact) mass is 515 g/mol. The quantitative estimate of drug-likeness (QED) is 0.0460. The van der Waals surface area contributed by atoms with Crippen molar-refractivity contribution in [2.24, 2.45) is 0 Å². The number of thioether (sulfide) groups is 1. The zero-order valence-corrected chi connectivity index (χ0v) is 20.2. The highest BCUT2D eigenvalue weighted by atomic mass is 35.5. The van der Waals surface area contributed by atoms with Crippen LogP contribution in [0.2, 0.25) is 5.02 Å². The first-order chi connectivity index (χ1) is 17.4. The molecule has 178 valence electrons. The first-order valence-corrected chi connectivity index (χ1v) is 11.9. The van der Waals surface area contributed by atoms with Crippen molar-refractivity contribution in [2.75, 3.05) is 0 Å². The number of nitrogens with zero attached hydrogens (tertiary/aromatic N) is 1. The van der Waals surface area contributed by atoms with Crippen molar-refractivity contribution in [3.05, 3.63) is 146 Å². The molecule has 0 aliphatic heterocycles. The van der Waals surface area contributed by atoms with Crippen LogP contribution in [0.1, 0.15) is 26.3 Å². The number of carbonyl (C=O) groups is 2. The predicted octanol–water partition coefficient (Wildman–Crippen LogP) is 7.45. The van der Waals surface area contributed by atoms with Gasteiger partial charge in [-0.05, 0) is 30.3 Å². The second-order valence-corrected chi connectivity index (χ2v) is 8.93. The van der Waals surface area contributed by atoms with E-state index in [-0.39, 0.29) is 26.8 Å². The Kier molecular flexibility index (Phi) is 7.95. The normalized spacial score (nSPS) is 11.4. The first kappa shape index (κ1) is 24.9. The van der Waals surface area contributed by atoms with Crippen LogP contribution < -0.4 is 0 Å². The van der Waals surface area contributed by atoms with Crippen LogP contribution in [0.25, 0.3) is 5.76 Å². The molecule has 0 fully saturated rings. The van der Waals surface area contributed by atoms with Crippen molar-refractivity contribution >= 4 is 46.6 Å². The highest BCUT2D eigenvalue weighted by molar-refractivity contribution is 8.04. The number of para-hydroxylation sites is 1. The highest BCUT2D eigenvalue weighted by Crippen LogP contribution is 2.40. The zero-order valence-electron chi connectivity index (χ0n) is 18.7. The van der Waals surface area contributed by atoms with Gasteiger partial charge in [-0.3, -0.25) is 14.9 Å². The van der Waals surface area contributed by atoms with Crippen molar-refractivity contribution in [3.8, 4) is 0 Å². The zero-order chi connectivity index (χ0) is 25.5. The number of carbonyl (C=O) groups excluding carboxylic acids is 2. The van der Waals surface area contributed by atoms with E-state index in [2.05, 4.69) is 0 Å². The number of nitro benzene ring substituents is 1. The number of Topliss-reactive ketones (excluding diaryl/α,β-unsaturated/α-hetero) is 1. The molecule has 0 saturated heterocycles. The van der Waals surface area contributed by atoms with Gasteiger partial charge < -0.3 is 4.74 Å². The molecule has 0 aliphatic rings. The van der Waals surface area contributed by atoms with E-state index in [1.54, 1.807) is 91.0 Å². The molecular weight excluding hydrogens is 498 g/mol. The van der Waals surface area contributed by atoms with Gasteiger partial charge in [0.2, 0.25) is 5.78 Å². The molecule has 0 radical (unpaired) electrons. The van der Waals surface area contributed by atoms with E-state index in [4.69, 9.17) is 16.3 Å². The number of esters is 1. The number of ketones is 1. The predicted molar refractivity (Wildman–Crippen MR) is 140 cm³/mol.